The second kappa shape index (κ2) is 2.10. The molecule has 0 atom stereocenters. The molecule has 1 aliphatic rings. The maximum atomic E-state index is 9.93. The van der Waals surface area contributed by atoms with Crippen molar-refractivity contribution in [3.05, 3.63) is 0 Å². The van der Waals surface area contributed by atoms with Crippen molar-refractivity contribution in [2.75, 3.05) is 13.1 Å². The van der Waals surface area contributed by atoms with Gasteiger partial charge in [0, 0.05) is 0 Å². The first-order chi connectivity index (χ1) is 3.43. The molecule has 0 bridgehead atoms. The van der Waals surface area contributed by atoms with Crippen LogP contribution >= 0.6 is 0 Å². The van der Waals surface area contributed by atoms with Crippen molar-refractivity contribution in [3.63, 3.8) is 0 Å². The third-order valence-corrected chi connectivity index (χ3v) is 1.29. The normalized spacial score (nSPS) is 19.7. The maximum absolute atomic E-state index is 9.93. The minimum atomic E-state index is 0.924. The molecule has 0 unspecified atom stereocenters. The van der Waals surface area contributed by atoms with Gasteiger partial charge in [0.2, 0.25) is 0 Å². The molecule has 0 saturated carbocycles. The second-order valence-electron chi connectivity index (χ2n) is 1.85. The summed E-state index contributed by atoms with van der Waals surface area (Å²) in [5, 5.41) is 0. The Hall–Kier alpha value is -0.335. The first kappa shape index (κ1) is 4.81. The van der Waals surface area contributed by atoms with E-state index in [1.54, 1.807) is 4.81 Å². The number of hydrogen-bond acceptors (Lipinski definition) is 1. The third-order valence-electron chi connectivity index (χ3n) is 1.29. The SMILES string of the molecule is O=BN1CCCC1. The van der Waals surface area contributed by atoms with Gasteiger partial charge in [-0.05, 0) is 0 Å². The zero-order valence-corrected chi connectivity index (χ0v) is 4.26. The van der Waals surface area contributed by atoms with E-state index in [9.17, 15) is 4.70 Å². The Morgan fingerprint density at radius 3 is 2.14 bits per heavy atom. The fourth-order valence-corrected chi connectivity index (χ4v) is 0.847. The summed E-state index contributed by atoms with van der Waals surface area (Å²) in [6.45, 7) is 1.95. The van der Waals surface area contributed by atoms with Crippen LogP contribution in [0.25, 0.3) is 0 Å². The van der Waals surface area contributed by atoms with Crippen LogP contribution in [0.2, 0.25) is 0 Å². The molecule has 0 aromatic heterocycles. The predicted molar refractivity (Wildman–Crippen MR) is 27.2 cm³/mol. The second-order valence-corrected chi connectivity index (χ2v) is 1.85. The van der Waals surface area contributed by atoms with Gasteiger partial charge in [0.1, 0.15) is 0 Å². The molecule has 0 aliphatic carbocycles. The monoisotopic (exact) mass is 97.1 g/mol. The molecule has 1 aliphatic heterocycles. The van der Waals surface area contributed by atoms with Crippen LogP contribution in [0.1, 0.15) is 12.8 Å². The summed E-state index contributed by atoms with van der Waals surface area (Å²) in [6.07, 6.45) is 2.39. The van der Waals surface area contributed by atoms with E-state index in [0.29, 0.717) is 0 Å². The summed E-state index contributed by atoms with van der Waals surface area (Å²) in [4.78, 5) is 1.81. The van der Waals surface area contributed by atoms with Crippen molar-refractivity contribution >= 4 is 7.28 Å². The van der Waals surface area contributed by atoms with Gasteiger partial charge in [0.25, 0.3) is 0 Å². The summed E-state index contributed by atoms with van der Waals surface area (Å²) < 4.78 is 9.93. The van der Waals surface area contributed by atoms with E-state index in [4.69, 9.17) is 0 Å². The Kier molecular flexibility index (Phi) is 1.44. The molecule has 1 heterocycles. The van der Waals surface area contributed by atoms with Gasteiger partial charge in [-0.15, -0.1) is 0 Å². The van der Waals surface area contributed by atoms with Gasteiger partial charge >= 0.3 is 42.7 Å². The number of hydrogen-bond donors (Lipinski definition) is 0. The summed E-state index contributed by atoms with van der Waals surface area (Å²) in [7, 11) is 0.924. The molecule has 7 heavy (non-hydrogen) atoms. The zero-order valence-electron chi connectivity index (χ0n) is 4.26. The average molecular weight is 96.9 g/mol. The van der Waals surface area contributed by atoms with E-state index in [-0.39, 0.29) is 0 Å². The standard InChI is InChI=1S/C4H8BNO/c7-5-6-3-1-2-4-6/h1-4H2. The van der Waals surface area contributed by atoms with E-state index < -0.39 is 0 Å². The van der Waals surface area contributed by atoms with Gasteiger partial charge in [0.05, 0.1) is 0 Å². The quantitative estimate of drug-likeness (QED) is 0.430. The van der Waals surface area contributed by atoms with Gasteiger partial charge in [-0.25, -0.2) is 0 Å². The van der Waals surface area contributed by atoms with Crippen LogP contribution in [-0.2, 0) is 4.70 Å². The summed E-state index contributed by atoms with van der Waals surface area (Å²) in [6, 6.07) is 0. The van der Waals surface area contributed by atoms with Gasteiger partial charge in [-0.3, -0.25) is 0 Å². The van der Waals surface area contributed by atoms with E-state index in [1.165, 1.54) is 12.8 Å². The topological polar surface area (TPSA) is 20.3 Å². The van der Waals surface area contributed by atoms with Crippen molar-refractivity contribution in [3.8, 4) is 0 Å². The fourth-order valence-electron chi connectivity index (χ4n) is 0.847. The molecule has 0 N–H and O–H groups in total. The van der Waals surface area contributed by atoms with Crippen molar-refractivity contribution in [2.45, 2.75) is 12.8 Å². The van der Waals surface area contributed by atoms with Crippen molar-refractivity contribution in [2.24, 2.45) is 0 Å². The third kappa shape index (κ3) is 1.01. The van der Waals surface area contributed by atoms with E-state index in [2.05, 4.69) is 0 Å². The molecule has 3 heteroatoms. The first-order valence-corrected chi connectivity index (χ1v) is 2.63. The Balaban J connectivity index is 2.26. The molecule has 38 valence electrons. The van der Waals surface area contributed by atoms with Crippen LogP contribution < -0.4 is 0 Å². The predicted octanol–water partition coefficient (Wildman–Crippen LogP) is 0.0469. The van der Waals surface area contributed by atoms with E-state index >= 15 is 0 Å². The van der Waals surface area contributed by atoms with Gasteiger partial charge in [-0.1, -0.05) is 0 Å². The van der Waals surface area contributed by atoms with Crippen LogP contribution in [0.4, 0.5) is 0 Å². The van der Waals surface area contributed by atoms with Crippen LogP contribution in [0.5, 0.6) is 0 Å². The zero-order chi connectivity index (χ0) is 5.11. The average Bonchev–Trinajstić information content (AvgIpc) is 2.14. The molecule has 0 aromatic carbocycles. The molecule has 0 aromatic rings. The van der Waals surface area contributed by atoms with Gasteiger partial charge in [0.15, 0.2) is 0 Å². The van der Waals surface area contributed by atoms with Crippen LogP contribution in [0, 0.1) is 0 Å². The van der Waals surface area contributed by atoms with Crippen LogP contribution in [-0.4, -0.2) is 25.2 Å². The molecule has 1 rings (SSSR count). The number of rotatable bonds is 1. The molecule has 2 nitrogen and oxygen atoms in total. The molecular weight excluding hydrogens is 88.9 g/mol. The molecule has 1 saturated heterocycles. The van der Waals surface area contributed by atoms with Crippen LogP contribution in [0.15, 0.2) is 0 Å². The minimum absolute atomic E-state index is 0.924. The van der Waals surface area contributed by atoms with E-state index in [1.807, 2.05) is 0 Å². The summed E-state index contributed by atoms with van der Waals surface area (Å²) in [5.41, 5.74) is 0. The Bertz CT molecular complexity index is 70.1. The van der Waals surface area contributed by atoms with Crippen molar-refractivity contribution in [1.29, 1.82) is 0 Å². The molecule has 1 fully saturated rings. The van der Waals surface area contributed by atoms with Gasteiger partial charge in [-0.2, -0.15) is 0 Å². The Labute approximate surface area is 43.8 Å². The summed E-state index contributed by atoms with van der Waals surface area (Å²) in [5.74, 6) is 0. The molecular formula is C4H8BNO. The molecule has 0 radical (unpaired) electrons. The van der Waals surface area contributed by atoms with Crippen LogP contribution in [0.3, 0.4) is 0 Å². The molecule has 0 spiro atoms. The fraction of sp³-hybridized carbons (Fsp3) is 1.00. The van der Waals surface area contributed by atoms with Crippen molar-refractivity contribution < 1.29 is 4.70 Å². The van der Waals surface area contributed by atoms with Gasteiger partial charge < -0.3 is 0 Å². The number of nitrogens with zero attached hydrogens (tertiary/aromatic N) is 1. The van der Waals surface area contributed by atoms with Crippen molar-refractivity contribution in [1.82, 2.24) is 4.81 Å². The molecule has 0 amide bonds. The van der Waals surface area contributed by atoms with E-state index in [0.717, 1.165) is 20.4 Å². The Morgan fingerprint density at radius 2 is 1.86 bits per heavy atom. The summed E-state index contributed by atoms with van der Waals surface area (Å²) >= 11 is 0. The Morgan fingerprint density at radius 1 is 1.29 bits per heavy atom. The first-order valence-electron chi connectivity index (χ1n) is 2.63.